The monoisotopic (exact) mass is 478 g/mol. The van der Waals surface area contributed by atoms with Crippen molar-refractivity contribution in [3.05, 3.63) is 63.8 Å². The smallest absolute Gasteiger partial charge is 0.210 e. The van der Waals surface area contributed by atoms with E-state index in [1.54, 1.807) is 0 Å². The van der Waals surface area contributed by atoms with E-state index in [4.69, 9.17) is 0 Å². The van der Waals surface area contributed by atoms with Crippen LogP contribution in [0.5, 0.6) is 0 Å². The first-order valence-electron chi connectivity index (χ1n) is 11.6. The molecule has 2 fully saturated rings. The number of nitrogens with one attached hydrogen (secondary N) is 1. The van der Waals surface area contributed by atoms with Crippen molar-refractivity contribution < 1.29 is 4.79 Å². The zero-order valence-electron chi connectivity index (χ0n) is 18.3. The predicted octanol–water partition coefficient (Wildman–Crippen LogP) is 6.63. The lowest BCUT2D eigenvalue weighted by molar-refractivity contribution is -0.118. The van der Waals surface area contributed by atoms with Gasteiger partial charge in [-0.25, -0.2) is 0 Å². The van der Waals surface area contributed by atoms with Crippen molar-refractivity contribution in [2.24, 2.45) is 5.41 Å². The molecule has 1 saturated heterocycles. The standard InChI is InChI=1S/C27H31BrN2O/c1-18-7-8-20(14-25(18)29-19(2)26-6-5-13-30(26)17-31)21-9-10-24(28)23-16-27(15-22(21)23)11-3-4-12-27/h7-10,14,17,26,29H,2-6,11-13,15-16H2,1H3. The van der Waals surface area contributed by atoms with Gasteiger partial charge in [0.1, 0.15) is 0 Å². The molecular weight excluding hydrogens is 448 g/mol. The summed E-state index contributed by atoms with van der Waals surface area (Å²) in [6, 6.07) is 11.3. The Labute approximate surface area is 194 Å². The van der Waals surface area contributed by atoms with Crippen LogP contribution in [-0.4, -0.2) is 23.9 Å². The van der Waals surface area contributed by atoms with E-state index in [2.05, 4.69) is 65.1 Å². The Hall–Kier alpha value is -2.07. The molecule has 1 spiro atoms. The highest BCUT2D eigenvalue weighted by molar-refractivity contribution is 9.10. The van der Waals surface area contributed by atoms with Crippen molar-refractivity contribution >= 4 is 28.0 Å². The summed E-state index contributed by atoms with van der Waals surface area (Å²) in [6.45, 7) is 7.22. The van der Waals surface area contributed by atoms with Gasteiger partial charge in [0.25, 0.3) is 0 Å². The SMILES string of the molecule is C=C(Nc1cc(-c2ccc(Br)c3c2CC2(CCCC2)C3)ccc1C)C1CCCN1C=O. The number of carbonyl (C=O) groups is 1. The van der Waals surface area contributed by atoms with Crippen LogP contribution < -0.4 is 5.32 Å². The minimum absolute atomic E-state index is 0.0831. The number of aryl methyl sites for hydroxylation is 1. The first-order chi connectivity index (χ1) is 15.0. The average molecular weight is 479 g/mol. The fourth-order valence-electron chi connectivity index (χ4n) is 6.09. The molecular formula is C27H31BrN2O. The Kier molecular flexibility index (Phi) is 5.45. The topological polar surface area (TPSA) is 32.3 Å². The van der Waals surface area contributed by atoms with Gasteiger partial charge >= 0.3 is 0 Å². The number of likely N-dealkylation sites (tertiary alicyclic amines) is 1. The summed E-state index contributed by atoms with van der Waals surface area (Å²) in [5.41, 5.74) is 9.37. The van der Waals surface area contributed by atoms with Gasteiger partial charge in [-0.3, -0.25) is 4.79 Å². The highest BCUT2D eigenvalue weighted by Gasteiger charge is 2.41. The van der Waals surface area contributed by atoms with Crippen molar-refractivity contribution in [3.8, 4) is 11.1 Å². The Morgan fingerprint density at radius 1 is 1.16 bits per heavy atom. The van der Waals surface area contributed by atoms with Gasteiger partial charge in [-0.1, -0.05) is 53.5 Å². The molecule has 2 aliphatic carbocycles. The number of rotatable bonds is 5. The van der Waals surface area contributed by atoms with Crippen LogP contribution in [-0.2, 0) is 17.6 Å². The minimum Gasteiger partial charge on any atom is -0.357 e. The Bertz CT molecular complexity index is 1040. The number of anilines is 1. The highest BCUT2D eigenvalue weighted by Crippen LogP contribution is 2.52. The summed E-state index contributed by atoms with van der Waals surface area (Å²) in [5.74, 6) is 0. The molecule has 1 saturated carbocycles. The molecule has 5 rings (SSSR count). The zero-order chi connectivity index (χ0) is 21.6. The quantitative estimate of drug-likeness (QED) is 0.489. The van der Waals surface area contributed by atoms with E-state index in [-0.39, 0.29) is 6.04 Å². The first kappa shape index (κ1) is 20.8. The maximum Gasteiger partial charge on any atom is 0.210 e. The Morgan fingerprint density at radius 2 is 1.94 bits per heavy atom. The van der Waals surface area contributed by atoms with Gasteiger partial charge < -0.3 is 10.2 Å². The van der Waals surface area contributed by atoms with Gasteiger partial charge in [0.15, 0.2) is 0 Å². The average Bonchev–Trinajstić information content (AvgIpc) is 3.50. The van der Waals surface area contributed by atoms with E-state index in [9.17, 15) is 4.79 Å². The minimum atomic E-state index is 0.0831. The normalized spacial score (nSPS) is 21.5. The van der Waals surface area contributed by atoms with E-state index < -0.39 is 0 Å². The van der Waals surface area contributed by atoms with Gasteiger partial charge in [-0.05, 0) is 90.8 Å². The molecule has 0 aromatic heterocycles. The second-order valence-corrected chi connectivity index (χ2v) is 10.6. The second-order valence-electron chi connectivity index (χ2n) is 9.79. The number of carbonyl (C=O) groups excluding carboxylic acids is 1. The van der Waals surface area contributed by atoms with E-state index in [1.165, 1.54) is 70.8 Å². The molecule has 2 aromatic rings. The van der Waals surface area contributed by atoms with E-state index in [1.807, 2.05) is 4.90 Å². The lowest BCUT2D eigenvalue weighted by atomic mass is 9.83. The molecule has 1 heterocycles. The van der Waals surface area contributed by atoms with Crippen molar-refractivity contribution in [3.63, 3.8) is 0 Å². The largest absolute Gasteiger partial charge is 0.357 e. The molecule has 0 radical (unpaired) electrons. The Morgan fingerprint density at radius 3 is 2.71 bits per heavy atom. The molecule has 1 N–H and O–H groups in total. The van der Waals surface area contributed by atoms with Crippen LogP contribution in [0.3, 0.4) is 0 Å². The molecule has 31 heavy (non-hydrogen) atoms. The maximum absolute atomic E-state index is 11.4. The van der Waals surface area contributed by atoms with Crippen LogP contribution in [0.25, 0.3) is 11.1 Å². The summed E-state index contributed by atoms with van der Waals surface area (Å²) in [5, 5.41) is 3.55. The van der Waals surface area contributed by atoms with Gasteiger partial charge in [-0.2, -0.15) is 0 Å². The molecule has 1 amide bonds. The fraction of sp³-hybridized carbons (Fsp3) is 0.444. The fourth-order valence-corrected chi connectivity index (χ4v) is 6.60. The number of hydrogen-bond donors (Lipinski definition) is 1. The van der Waals surface area contributed by atoms with E-state index in [0.717, 1.165) is 37.2 Å². The molecule has 3 aliphatic rings. The predicted molar refractivity (Wildman–Crippen MR) is 131 cm³/mol. The van der Waals surface area contributed by atoms with Gasteiger partial charge in [-0.15, -0.1) is 0 Å². The van der Waals surface area contributed by atoms with Crippen LogP contribution in [0.15, 0.2) is 47.1 Å². The van der Waals surface area contributed by atoms with Crippen molar-refractivity contribution in [2.75, 3.05) is 11.9 Å². The molecule has 0 bridgehead atoms. The van der Waals surface area contributed by atoms with Gasteiger partial charge in [0, 0.05) is 22.4 Å². The number of nitrogens with zero attached hydrogens (tertiary/aromatic N) is 1. The zero-order valence-corrected chi connectivity index (χ0v) is 19.9. The van der Waals surface area contributed by atoms with Crippen LogP contribution in [0.1, 0.15) is 55.2 Å². The van der Waals surface area contributed by atoms with Gasteiger partial charge in [0.2, 0.25) is 6.41 Å². The van der Waals surface area contributed by atoms with Crippen LogP contribution in [0.4, 0.5) is 5.69 Å². The third-order valence-corrected chi connectivity index (χ3v) is 8.56. The van der Waals surface area contributed by atoms with Crippen LogP contribution in [0, 0.1) is 12.3 Å². The summed E-state index contributed by atoms with van der Waals surface area (Å²) < 4.78 is 1.27. The third-order valence-electron chi connectivity index (χ3n) is 7.82. The molecule has 3 nitrogen and oxygen atoms in total. The highest BCUT2D eigenvalue weighted by atomic mass is 79.9. The maximum atomic E-state index is 11.4. The van der Waals surface area contributed by atoms with E-state index >= 15 is 0 Å². The summed E-state index contributed by atoms with van der Waals surface area (Å²) in [7, 11) is 0. The lowest BCUT2D eigenvalue weighted by Gasteiger charge is -2.24. The van der Waals surface area contributed by atoms with Crippen LogP contribution >= 0.6 is 15.9 Å². The van der Waals surface area contributed by atoms with E-state index in [0.29, 0.717) is 5.41 Å². The molecule has 4 heteroatoms. The number of hydrogen-bond acceptors (Lipinski definition) is 2. The number of amides is 1. The number of fused-ring (bicyclic) bond motifs is 1. The van der Waals surface area contributed by atoms with Crippen LogP contribution in [0.2, 0.25) is 0 Å². The molecule has 1 aliphatic heterocycles. The summed E-state index contributed by atoms with van der Waals surface area (Å²) >= 11 is 3.84. The molecule has 1 unspecified atom stereocenters. The van der Waals surface area contributed by atoms with Gasteiger partial charge in [0.05, 0.1) is 6.04 Å². The van der Waals surface area contributed by atoms with Crippen molar-refractivity contribution in [1.29, 1.82) is 0 Å². The number of benzene rings is 2. The summed E-state index contributed by atoms with van der Waals surface area (Å²) in [4.78, 5) is 13.2. The lowest BCUT2D eigenvalue weighted by Crippen LogP contribution is -2.31. The second kappa shape index (κ2) is 8.12. The van der Waals surface area contributed by atoms with Crippen molar-refractivity contribution in [2.45, 2.75) is 64.3 Å². The number of halogens is 1. The summed E-state index contributed by atoms with van der Waals surface area (Å²) in [6.07, 6.45) is 10.9. The molecule has 2 aromatic carbocycles. The Balaban J connectivity index is 1.46. The third kappa shape index (κ3) is 3.73. The molecule has 162 valence electrons. The first-order valence-corrected chi connectivity index (χ1v) is 12.4. The molecule has 1 atom stereocenters. The van der Waals surface area contributed by atoms with Crippen molar-refractivity contribution in [1.82, 2.24) is 4.90 Å².